The number of fused-ring (bicyclic) bond motifs is 1. The van der Waals surface area contributed by atoms with Crippen molar-refractivity contribution in [1.82, 2.24) is 14.9 Å². The standard InChI is InChI=1S/C19H20FN5O4.ClH/c1-29-23-14-6-24(9-19(14)7-21-8-19)17-13(20)4-11-15(26)12(18(27)28)5-25(10-2-3-10)16(11)22-17;/h4-5,10,21H,2-3,6-9H2,1H3,(H,27,28);1H. The van der Waals surface area contributed by atoms with Gasteiger partial charge in [-0.25, -0.2) is 14.2 Å². The summed E-state index contributed by atoms with van der Waals surface area (Å²) in [6.45, 7) is 2.38. The molecular weight excluding hydrogens is 417 g/mol. The third-order valence-electron chi connectivity index (χ3n) is 5.98. The van der Waals surface area contributed by atoms with Crippen LogP contribution in [0.1, 0.15) is 29.2 Å². The van der Waals surface area contributed by atoms with E-state index in [1.54, 1.807) is 9.47 Å². The zero-order valence-corrected chi connectivity index (χ0v) is 17.0. The van der Waals surface area contributed by atoms with Gasteiger partial charge in [0.25, 0.3) is 0 Å². The Hall–Kier alpha value is -2.72. The highest BCUT2D eigenvalue weighted by molar-refractivity contribution is 5.98. The van der Waals surface area contributed by atoms with Gasteiger partial charge in [-0.2, -0.15) is 0 Å². The molecule has 2 aromatic rings. The van der Waals surface area contributed by atoms with E-state index in [2.05, 4.69) is 15.5 Å². The number of nitrogens with one attached hydrogen (secondary N) is 1. The highest BCUT2D eigenvalue weighted by Gasteiger charge is 2.50. The summed E-state index contributed by atoms with van der Waals surface area (Å²) in [6, 6.07) is 1.19. The van der Waals surface area contributed by atoms with E-state index in [4.69, 9.17) is 4.84 Å². The maximum Gasteiger partial charge on any atom is 0.341 e. The highest BCUT2D eigenvalue weighted by Crippen LogP contribution is 2.39. The fraction of sp³-hybridized carbons (Fsp3) is 0.474. The molecule has 9 nitrogen and oxygen atoms in total. The molecule has 2 N–H and O–H groups in total. The van der Waals surface area contributed by atoms with Gasteiger partial charge < -0.3 is 24.7 Å². The number of oxime groups is 1. The molecule has 1 saturated carbocycles. The first-order chi connectivity index (χ1) is 13.9. The number of rotatable bonds is 4. The average molecular weight is 438 g/mol. The van der Waals surface area contributed by atoms with Gasteiger partial charge in [0.1, 0.15) is 18.3 Å². The lowest BCUT2D eigenvalue weighted by Crippen LogP contribution is -2.58. The molecule has 2 aromatic heterocycles. The summed E-state index contributed by atoms with van der Waals surface area (Å²) in [4.78, 5) is 35.3. The number of halogens is 2. The molecule has 30 heavy (non-hydrogen) atoms. The second-order valence-corrected chi connectivity index (χ2v) is 7.94. The highest BCUT2D eigenvalue weighted by atomic mass is 35.5. The van der Waals surface area contributed by atoms with Crippen LogP contribution in [-0.4, -0.2) is 59.6 Å². The summed E-state index contributed by atoms with van der Waals surface area (Å²) in [5.41, 5.74) is -0.140. The normalized spacial score (nSPS) is 21.0. The Labute approximate surface area is 176 Å². The minimum atomic E-state index is -1.32. The summed E-state index contributed by atoms with van der Waals surface area (Å²) < 4.78 is 16.7. The molecule has 2 aliphatic heterocycles. The van der Waals surface area contributed by atoms with E-state index in [-0.39, 0.29) is 40.6 Å². The van der Waals surface area contributed by atoms with E-state index >= 15 is 4.39 Å². The Morgan fingerprint density at radius 1 is 1.43 bits per heavy atom. The third-order valence-corrected chi connectivity index (χ3v) is 5.98. The summed E-state index contributed by atoms with van der Waals surface area (Å²) >= 11 is 0. The van der Waals surface area contributed by atoms with Crippen LogP contribution >= 0.6 is 12.4 Å². The van der Waals surface area contributed by atoms with E-state index in [1.165, 1.54) is 13.3 Å². The number of hydrogen-bond donors (Lipinski definition) is 2. The van der Waals surface area contributed by atoms with Crippen LogP contribution in [0.5, 0.6) is 0 Å². The number of carbonyl (C=O) groups is 1. The van der Waals surface area contributed by atoms with Crippen molar-refractivity contribution in [3.8, 4) is 0 Å². The maximum atomic E-state index is 15.0. The van der Waals surface area contributed by atoms with Crippen molar-refractivity contribution in [1.29, 1.82) is 0 Å². The Bertz CT molecular complexity index is 1130. The molecule has 3 aliphatic rings. The number of hydrogen-bond acceptors (Lipinski definition) is 7. The van der Waals surface area contributed by atoms with Crippen LogP contribution in [-0.2, 0) is 4.84 Å². The first-order valence-corrected chi connectivity index (χ1v) is 9.48. The first kappa shape index (κ1) is 20.5. The first-order valence-electron chi connectivity index (χ1n) is 9.48. The largest absolute Gasteiger partial charge is 0.477 e. The molecule has 0 amide bonds. The van der Waals surface area contributed by atoms with Gasteiger partial charge in [0.05, 0.1) is 23.1 Å². The third kappa shape index (κ3) is 3.02. The Morgan fingerprint density at radius 3 is 2.73 bits per heavy atom. The quantitative estimate of drug-likeness (QED) is 0.696. The molecule has 11 heteroatoms. The predicted molar refractivity (Wildman–Crippen MR) is 110 cm³/mol. The Balaban J connectivity index is 0.00000218. The van der Waals surface area contributed by atoms with Crippen LogP contribution in [0.25, 0.3) is 11.0 Å². The molecule has 0 atom stereocenters. The van der Waals surface area contributed by atoms with Gasteiger partial charge in [-0.15, -0.1) is 12.4 Å². The molecule has 0 unspecified atom stereocenters. The fourth-order valence-electron chi connectivity index (χ4n) is 4.23. The van der Waals surface area contributed by atoms with E-state index in [0.717, 1.165) is 37.7 Å². The summed E-state index contributed by atoms with van der Waals surface area (Å²) in [6.07, 6.45) is 3.07. The molecule has 0 radical (unpaired) electrons. The SMILES string of the molecule is CON=C1CN(c2nc3c(cc2F)c(=O)c(C(=O)O)cn3C2CC2)CC12CNC2.Cl. The number of anilines is 1. The number of carboxylic acid groups (broad SMARTS) is 1. The molecule has 2 saturated heterocycles. The van der Waals surface area contributed by atoms with E-state index in [1.807, 2.05) is 0 Å². The van der Waals surface area contributed by atoms with Gasteiger partial charge in [-0.05, 0) is 18.9 Å². The van der Waals surface area contributed by atoms with Gasteiger partial charge in [0.2, 0.25) is 5.43 Å². The van der Waals surface area contributed by atoms with Crippen molar-refractivity contribution in [3.05, 3.63) is 33.9 Å². The summed E-state index contributed by atoms with van der Waals surface area (Å²) in [7, 11) is 1.48. The Kier molecular flexibility index (Phi) is 4.94. The number of aromatic nitrogens is 2. The number of aromatic carboxylic acids is 1. The van der Waals surface area contributed by atoms with Crippen molar-refractivity contribution in [2.75, 3.05) is 38.2 Å². The van der Waals surface area contributed by atoms with Gasteiger partial charge in [0.15, 0.2) is 11.6 Å². The lowest BCUT2D eigenvalue weighted by Gasteiger charge is -2.38. The fourth-order valence-corrected chi connectivity index (χ4v) is 4.23. The van der Waals surface area contributed by atoms with Crippen molar-refractivity contribution < 1.29 is 19.1 Å². The second kappa shape index (κ2) is 7.21. The van der Waals surface area contributed by atoms with Crippen molar-refractivity contribution >= 4 is 40.9 Å². The molecule has 3 fully saturated rings. The topological polar surface area (TPSA) is 109 Å². The minimum absolute atomic E-state index is 0. The van der Waals surface area contributed by atoms with Crippen LogP contribution in [0, 0.1) is 11.2 Å². The molecule has 4 heterocycles. The predicted octanol–water partition coefficient (Wildman–Crippen LogP) is 1.40. The number of pyridine rings is 2. The van der Waals surface area contributed by atoms with Crippen LogP contribution < -0.4 is 15.6 Å². The average Bonchev–Trinajstić information content (AvgIpc) is 3.42. The molecule has 1 spiro atoms. The molecule has 160 valence electrons. The van der Waals surface area contributed by atoms with Gasteiger partial charge >= 0.3 is 5.97 Å². The van der Waals surface area contributed by atoms with E-state index in [0.29, 0.717) is 18.7 Å². The molecule has 0 bridgehead atoms. The molecule has 1 aliphatic carbocycles. The zero-order valence-electron chi connectivity index (χ0n) is 16.2. The second-order valence-electron chi connectivity index (χ2n) is 7.94. The van der Waals surface area contributed by atoms with Gasteiger partial charge in [-0.3, -0.25) is 4.79 Å². The van der Waals surface area contributed by atoms with Gasteiger partial charge in [-0.1, -0.05) is 5.16 Å². The Morgan fingerprint density at radius 2 is 2.17 bits per heavy atom. The number of carboxylic acids is 1. The van der Waals surface area contributed by atoms with Gasteiger partial charge in [0, 0.05) is 31.9 Å². The lowest BCUT2D eigenvalue weighted by atomic mass is 9.79. The van der Waals surface area contributed by atoms with Crippen LogP contribution in [0.3, 0.4) is 0 Å². The molecular formula is C19H21ClFN5O4. The summed E-state index contributed by atoms with van der Waals surface area (Å²) in [5, 5.41) is 16.7. The molecule has 5 rings (SSSR count). The van der Waals surface area contributed by atoms with Crippen LogP contribution in [0.4, 0.5) is 10.2 Å². The van der Waals surface area contributed by atoms with Crippen LogP contribution in [0.2, 0.25) is 0 Å². The maximum absolute atomic E-state index is 15.0. The van der Waals surface area contributed by atoms with Crippen molar-refractivity contribution in [2.45, 2.75) is 18.9 Å². The lowest BCUT2D eigenvalue weighted by molar-refractivity contribution is 0.0695. The van der Waals surface area contributed by atoms with E-state index < -0.39 is 17.2 Å². The van der Waals surface area contributed by atoms with Crippen molar-refractivity contribution in [2.24, 2.45) is 10.6 Å². The van der Waals surface area contributed by atoms with Crippen LogP contribution in [0.15, 0.2) is 22.2 Å². The molecule has 0 aromatic carbocycles. The minimum Gasteiger partial charge on any atom is -0.477 e. The smallest absolute Gasteiger partial charge is 0.341 e. The van der Waals surface area contributed by atoms with Crippen molar-refractivity contribution in [3.63, 3.8) is 0 Å². The summed E-state index contributed by atoms with van der Waals surface area (Å²) in [5.74, 6) is -1.84. The number of nitrogens with zero attached hydrogens (tertiary/aromatic N) is 4. The zero-order chi connectivity index (χ0) is 20.3. The monoisotopic (exact) mass is 437 g/mol. The van der Waals surface area contributed by atoms with E-state index in [9.17, 15) is 14.7 Å².